The SMILES string of the molecule is [2H]c1c([2H])c([2H])c(-c2cccc3oc4ccc(-c5cccc6cc(-c7c8ccccc8c(-c8cccc9ccccc89)c8ccccc78)ccc56)cc4c23)c([2H])c1[2H]. The second kappa shape index (κ2) is 11.8. The summed E-state index contributed by atoms with van der Waals surface area (Å²) in [6, 6.07) is 55.8. The third kappa shape index (κ3) is 4.64. The highest BCUT2D eigenvalue weighted by molar-refractivity contribution is 6.24. The summed E-state index contributed by atoms with van der Waals surface area (Å²) in [5, 5.41) is 11.0. The molecule has 0 bridgehead atoms. The Labute approximate surface area is 314 Å². The molecule has 0 saturated heterocycles. The van der Waals surface area contributed by atoms with Gasteiger partial charge in [-0.25, -0.2) is 0 Å². The molecule has 1 heteroatoms. The highest BCUT2D eigenvalue weighted by Gasteiger charge is 2.19. The van der Waals surface area contributed by atoms with Crippen molar-refractivity contribution in [2.45, 2.75) is 0 Å². The van der Waals surface area contributed by atoms with Gasteiger partial charge in [-0.1, -0.05) is 170 Å². The maximum atomic E-state index is 8.72. The zero-order valence-electron chi connectivity index (χ0n) is 33.5. The minimum absolute atomic E-state index is 0.160. The molecule has 10 aromatic carbocycles. The van der Waals surface area contributed by atoms with Crippen LogP contribution in [0.1, 0.15) is 6.85 Å². The van der Waals surface area contributed by atoms with Gasteiger partial charge < -0.3 is 4.42 Å². The molecule has 0 aliphatic heterocycles. The van der Waals surface area contributed by atoms with Crippen molar-refractivity contribution in [2.75, 3.05) is 0 Å². The molecule has 0 N–H and O–H groups in total. The van der Waals surface area contributed by atoms with Crippen LogP contribution in [0, 0.1) is 0 Å². The van der Waals surface area contributed by atoms with E-state index in [-0.39, 0.29) is 29.7 Å². The Morgan fingerprint density at radius 3 is 1.70 bits per heavy atom. The number of hydrogen-bond acceptors (Lipinski definition) is 1. The second-order valence-corrected chi connectivity index (χ2v) is 13.6. The smallest absolute Gasteiger partial charge is 0.136 e. The van der Waals surface area contributed by atoms with Crippen molar-refractivity contribution >= 4 is 65.0 Å². The molecule has 0 amide bonds. The van der Waals surface area contributed by atoms with Gasteiger partial charge in [0.05, 0.1) is 6.85 Å². The van der Waals surface area contributed by atoms with E-state index in [2.05, 4.69) is 140 Å². The van der Waals surface area contributed by atoms with Crippen molar-refractivity contribution in [2.24, 2.45) is 0 Å². The van der Waals surface area contributed by atoms with Crippen LogP contribution in [-0.2, 0) is 0 Å². The Morgan fingerprint density at radius 1 is 0.340 bits per heavy atom. The van der Waals surface area contributed by atoms with Gasteiger partial charge in [-0.15, -0.1) is 0 Å². The van der Waals surface area contributed by atoms with Gasteiger partial charge in [-0.05, 0) is 112 Å². The highest BCUT2D eigenvalue weighted by atomic mass is 16.3. The molecule has 0 atom stereocenters. The summed E-state index contributed by atoms with van der Waals surface area (Å²) in [7, 11) is 0. The van der Waals surface area contributed by atoms with E-state index in [0.29, 0.717) is 22.1 Å². The van der Waals surface area contributed by atoms with Crippen LogP contribution < -0.4 is 0 Å². The minimum Gasteiger partial charge on any atom is -0.456 e. The Balaban J connectivity index is 1.10. The van der Waals surface area contributed by atoms with E-state index in [0.717, 1.165) is 32.8 Å². The van der Waals surface area contributed by atoms with Crippen molar-refractivity contribution in [1.82, 2.24) is 0 Å². The third-order valence-corrected chi connectivity index (χ3v) is 10.7. The van der Waals surface area contributed by atoms with Crippen LogP contribution in [0.3, 0.4) is 0 Å². The standard InChI is InChI=1S/C52H32O/c1-2-13-34(14-3-1)41-24-12-26-49-52(41)47-32-36(28-30-48(47)53-49)39-23-11-17-35-31-37(27-29-40(35)39)50-43-19-6-8-21-45(43)51(46-22-9-7-20-44(46)50)42-25-10-16-33-15-4-5-18-38(33)42/h1-32H/i1D,2D,3D,13D,14D. The molecule has 0 radical (unpaired) electrons. The third-order valence-electron chi connectivity index (χ3n) is 10.7. The van der Waals surface area contributed by atoms with Crippen molar-refractivity contribution in [1.29, 1.82) is 0 Å². The van der Waals surface area contributed by atoms with Gasteiger partial charge >= 0.3 is 0 Å². The van der Waals surface area contributed by atoms with E-state index in [1.807, 2.05) is 12.1 Å². The molecule has 0 unspecified atom stereocenters. The predicted octanol–water partition coefficient (Wildman–Crippen LogP) is 14.9. The first-order valence-electron chi connectivity index (χ1n) is 20.3. The number of furan rings is 1. The quantitative estimate of drug-likeness (QED) is 0.169. The van der Waals surface area contributed by atoms with Crippen LogP contribution in [0.2, 0.25) is 0 Å². The molecule has 53 heavy (non-hydrogen) atoms. The van der Waals surface area contributed by atoms with Crippen LogP contribution >= 0.6 is 0 Å². The molecule has 0 fully saturated rings. The molecule has 0 spiro atoms. The number of fused-ring (bicyclic) bond motifs is 7. The summed E-state index contributed by atoms with van der Waals surface area (Å²) in [5.41, 5.74) is 8.80. The van der Waals surface area contributed by atoms with E-state index < -0.39 is 6.04 Å². The fraction of sp³-hybridized carbons (Fsp3) is 0. The first kappa shape index (κ1) is 25.1. The van der Waals surface area contributed by atoms with Crippen LogP contribution in [0.25, 0.3) is 110 Å². The van der Waals surface area contributed by atoms with Crippen molar-refractivity contribution in [3.63, 3.8) is 0 Å². The lowest BCUT2D eigenvalue weighted by molar-refractivity contribution is 0.669. The molecule has 0 saturated carbocycles. The van der Waals surface area contributed by atoms with Crippen molar-refractivity contribution in [3.8, 4) is 44.5 Å². The predicted molar refractivity (Wildman–Crippen MR) is 225 cm³/mol. The van der Waals surface area contributed by atoms with E-state index >= 15 is 0 Å². The fourth-order valence-electron chi connectivity index (χ4n) is 8.45. The molecule has 1 aromatic heterocycles. The van der Waals surface area contributed by atoms with Crippen LogP contribution in [0.4, 0.5) is 0 Å². The molecular formula is C52H32O. The lowest BCUT2D eigenvalue weighted by Crippen LogP contribution is -1.92. The first-order valence-corrected chi connectivity index (χ1v) is 17.8. The molecule has 1 nitrogen and oxygen atoms in total. The normalized spacial score (nSPS) is 13.1. The molecule has 0 aliphatic carbocycles. The summed E-state index contributed by atoms with van der Waals surface area (Å²) in [5.74, 6) is 0. The maximum absolute atomic E-state index is 8.72. The Bertz CT molecular complexity index is 3440. The van der Waals surface area contributed by atoms with Crippen molar-refractivity contribution < 1.29 is 11.3 Å². The molecule has 1 heterocycles. The monoisotopic (exact) mass is 677 g/mol. The summed E-state index contributed by atoms with van der Waals surface area (Å²) in [6.45, 7) is 0. The molecular weight excluding hydrogens is 641 g/mol. The largest absolute Gasteiger partial charge is 0.456 e. The van der Waals surface area contributed by atoms with Gasteiger partial charge in [-0.3, -0.25) is 0 Å². The molecule has 246 valence electrons. The zero-order valence-corrected chi connectivity index (χ0v) is 28.5. The van der Waals surface area contributed by atoms with Gasteiger partial charge in [0.2, 0.25) is 0 Å². The lowest BCUT2D eigenvalue weighted by Gasteiger charge is -2.19. The van der Waals surface area contributed by atoms with Crippen LogP contribution in [-0.4, -0.2) is 0 Å². The topological polar surface area (TPSA) is 13.1 Å². The lowest BCUT2D eigenvalue weighted by atomic mass is 9.84. The van der Waals surface area contributed by atoms with Gasteiger partial charge in [-0.2, -0.15) is 0 Å². The number of hydrogen-bond donors (Lipinski definition) is 0. The fourth-order valence-corrected chi connectivity index (χ4v) is 8.45. The van der Waals surface area contributed by atoms with Crippen LogP contribution in [0.5, 0.6) is 0 Å². The molecule has 0 aliphatic rings. The van der Waals surface area contributed by atoms with Crippen molar-refractivity contribution in [3.05, 3.63) is 194 Å². The summed E-state index contributed by atoms with van der Waals surface area (Å²) in [4.78, 5) is 0. The maximum Gasteiger partial charge on any atom is 0.136 e. The minimum atomic E-state index is -0.413. The van der Waals surface area contributed by atoms with E-state index in [4.69, 9.17) is 11.3 Å². The molecule has 11 rings (SSSR count). The van der Waals surface area contributed by atoms with E-state index in [9.17, 15) is 0 Å². The van der Waals surface area contributed by atoms with E-state index in [1.165, 1.54) is 49.0 Å². The Hall–Kier alpha value is -6.96. The summed E-state index contributed by atoms with van der Waals surface area (Å²) >= 11 is 0. The van der Waals surface area contributed by atoms with Gasteiger partial charge in [0.25, 0.3) is 0 Å². The zero-order chi connectivity index (χ0) is 39.2. The van der Waals surface area contributed by atoms with E-state index in [1.54, 1.807) is 12.1 Å². The van der Waals surface area contributed by atoms with Crippen LogP contribution in [0.15, 0.2) is 198 Å². The Kier molecular flexibility index (Phi) is 5.58. The summed E-state index contributed by atoms with van der Waals surface area (Å²) in [6.07, 6.45) is 0. The summed E-state index contributed by atoms with van der Waals surface area (Å²) < 4.78 is 48.5. The number of benzene rings is 10. The average molecular weight is 678 g/mol. The van der Waals surface area contributed by atoms with Gasteiger partial charge in [0, 0.05) is 10.8 Å². The van der Waals surface area contributed by atoms with Gasteiger partial charge in [0.1, 0.15) is 11.2 Å². The second-order valence-electron chi connectivity index (χ2n) is 13.6. The molecule has 11 aromatic rings. The number of rotatable bonds is 4. The highest BCUT2D eigenvalue weighted by Crippen LogP contribution is 2.46. The average Bonchev–Trinajstić information content (AvgIpc) is 3.65. The first-order chi connectivity index (χ1) is 28.4. The Morgan fingerprint density at radius 2 is 0.925 bits per heavy atom. The van der Waals surface area contributed by atoms with Gasteiger partial charge in [0.15, 0.2) is 0 Å².